The van der Waals surface area contributed by atoms with E-state index < -0.39 is 27.6 Å². The van der Waals surface area contributed by atoms with Crippen molar-refractivity contribution in [2.24, 2.45) is 0 Å². The third-order valence-electron chi connectivity index (χ3n) is 5.13. The molecule has 4 heterocycles. The zero-order chi connectivity index (χ0) is 22.6. The molecule has 0 bridgehead atoms. The Bertz CT molecular complexity index is 1230. The fourth-order valence-corrected chi connectivity index (χ4v) is 5.37. The molecular formula is C17H20F3N7O2S2. The normalized spacial score (nSPS) is 16.8. The molecule has 4 rings (SSSR count). The predicted octanol–water partition coefficient (Wildman–Crippen LogP) is 2.60. The Kier molecular flexibility index (Phi) is 5.34. The maximum atomic E-state index is 13.2. The summed E-state index contributed by atoms with van der Waals surface area (Å²) >= 11 is 1.27. The molecule has 3 aromatic heterocycles. The lowest BCUT2D eigenvalue weighted by Crippen LogP contribution is -2.41. The number of nitrogen functional groups attached to an aromatic ring is 1. The van der Waals surface area contributed by atoms with E-state index in [4.69, 9.17) is 5.73 Å². The number of rotatable bonds is 4. The molecule has 0 aliphatic carbocycles. The number of halogens is 3. The van der Waals surface area contributed by atoms with Gasteiger partial charge >= 0.3 is 6.18 Å². The van der Waals surface area contributed by atoms with Crippen LogP contribution in [-0.2, 0) is 16.2 Å². The van der Waals surface area contributed by atoms with Gasteiger partial charge in [-0.15, -0.1) is 5.10 Å². The van der Waals surface area contributed by atoms with Gasteiger partial charge in [0.15, 0.2) is 0 Å². The van der Waals surface area contributed by atoms with Gasteiger partial charge in [-0.05, 0) is 25.8 Å². The summed E-state index contributed by atoms with van der Waals surface area (Å²) in [6.45, 7) is 2.52. The number of hydrogen-bond donors (Lipinski definition) is 2. The molecule has 9 nitrogen and oxygen atoms in total. The average molecular weight is 476 g/mol. The Morgan fingerprint density at radius 3 is 2.58 bits per heavy atom. The van der Waals surface area contributed by atoms with Crippen molar-refractivity contribution in [3.63, 3.8) is 0 Å². The second-order valence-electron chi connectivity index (χ2n) is 7.38. The third kappa shape index (κ3) is 4.32. The lowest BCUT2D eigenvalue weighted by molar-refractivity contribution is -0.137. The van der Waals surface area contributed by atoms with Crippen molar-refractivity contribution in [1.29, 1.82) is 0 Å². The van der Waals surface area contributed by atoms with Crippen LogP contribution in [0.4, 0.5) is 24.1 Å². The van der Waals surface area contributed by atoms with E-state index in [0.717, 1.165) is 6.07 Å². The van der Waals surface area contributed by atoms with Crippen molar-refractivity contribution in [3.05, 3.63) is 23.5 Å². The standard InChI is InChI=1S/C17H20F3N7O2S2/c1-9-13(10-7-12(17(18,19)20)14(21)22-8-10)27-16(23-9)30-15(25-27)24-11-3-5-26(6-4-11)31(2,28)29/h7-8,11H,3-6H2,1-2H3,(H2,21,22)(H,24,25). The van der Waals surface area contributed by atoms with Gasteiger partial charge in [0.1, 0.15) is 5.82 Å². The summed E-state index contributed by atoms with van der Waals surface area (Å²) in [6.07, 6.45) is -0.916. The smallest absolute Gasteiger partial charge is 0.383 e. The molecule has 31 heavy (non-hydrogen) atoms. The number of sulfonamides is 1. The lowest BCUT2D eigenvalue weighted by Gasteiger charge is -2.30. The molecule has 1 aliphatic rings. The van der Waals surface area contributed by atoms with Gasteiger partial charge in [0, 0.05) is 30.9 Å². The first-order valence-corrected chi connectivity index (χ1v) is 12.0. The number of alkyl halides is 3. The van der Waals surface area contributed by atoms with Crippen molar-refractivity contribution in [1.82, 2.24) is 23.9 Å². The van der Waals surface area contributed by atoms with E-state index in [0.29, 0.717) is 47.4 Å². The Morgan fingerprint density at radius 2 is 1.97 bits per heavy atom. The first-order valence-electron chi connectivity index (χ1n) is 9.34. The molecule has 14 heteroatoms. The van der Waals surface area contributed by atoms with E-state index in [1.54, 1.807) is 6.92 Å². The maximum Gasteiger partial charge on any atom is 0.419 e. The van der Waals surface area contributed by atoms with Crippen molar-refractivity contribution < 1.29 is 21.6 Å². The number of nitrogens with one attached hydrogen (secondary N) is 1. The summed E-state index contributed by atoms with van der Waals surface area (Å²) in [5, 5.41) is 8.31. The Morgan fingerprint density at radius 1 is 1.29 bits per heavy atom. The van der Waals surface area contributed by atoms with Crippen LogP contribution in [0, 0.1) is 6.92 Å². The second-order valence-corrected chi connectivity index (χ2v) is 10.3. The SMILES string of the molecule is Cc1nc2sc(NC3CCN(S(C)(=O)=O)CC3)nn2c1-c1cnc(N)c(C(F)(F)F)c1. The predicted molar refractivity (Wildman–Crippen MR) is 111 cm³/mol. The van der Waals surface area contributed by atoms with E-state index >= 15 is 0 Å². The molecule has 0 saturated carbocycles. The number of hydrogen-bond acceptors (Lipinski definition) is 8. The molecule has 1 fully saturated rings. The quantitative estimate of drug-likeness (QED) is 0.595. The summed E-state index contributed by atoms with van der Waals surface area (Å²) in [5.41, 5.74) is 5.54. The van der Waals surface area contributed by atoms with Crippen LogP contribution in [0.2, 0.25) is 0 Å². The summed E-state index contributed by atoms with van der Waals surface area (Å²) in [4.78, 5) is 8.63. The average Bonchev–Trinajstić information content (AvgIpc) is 3.17. The van der Waals surface area contributed by atoms with Crippen molar-refractivity contribution >= 4 is 37.3 Å². The highest BCUT2D eigenvalue weighted by Crippen LogP contribution is 2.36. The monoisotopic (exact) mass is 475 g/mol. The van der Waals surface area contributed by atoms with Gasteiger partial charge in [0.25, 0.3) is 0 Å². The minimum Gasteiger partial charge on any atom is -0.383 e. The maximum absolute atomic E-state index is 13.2. The molecule has 0 radical (unpaired) electrons. The lowest BCUT2D eigenvalue weighted by atomic mass is 10.1. The Labute approximate surface area is 180 Å². The van der Waals surface area contributed by atoms with Crippen molar-refractivity contribution in [3.8, 4) is 11.3 Å². The van der Waals surface area contributed by atoms with Crippen LogP contribution < -0.4 is 11.1 Å². The third-order valence-corrected chi connectivity index (χ3v) is 7.27. The highest BCUT2D eigenvalue weighted by Gasteiger charge is 2.34. The van der Waals surface area contributed by atoms with Gasteiger partial charge in [-0.25, -0.2) is 27.2 Å². The highest BCUT2D eigenvalue weighted by molar-refractivity contribution is 7.88. The molecule has 0 aromatic carbocycles. The number of pyridine rings is 1. The van der Waals surface area contributed by atoms with Gasteiger partial charge in [-0.2, -0.15) is 13.2 Å². The number of aryl methyl sites for hydroxylation is 1. The number of fused-ring (bicyclic) bond motifs is 1. The van der Waals surface area contributed by atoms with E-state index in [9.17, 15) is 21.6 Å². The number of piperidine rings is 1. The van der Waals surface area contributed by atoms with Gasteiger partial charge in [0.2, 0.25) is 20.1 Å². The molecule has 1 aliphatic heterocycles. The molecular weight excluding hydrogens is 455 g/mol. The van der Waals surface area contributed by atoms with Crippen molar-refractivity contribution in [2.75, 3.05) is 30.4 Å². The summed E-state index contributed by atoms with van der Waals surface area (Å²) in [5.74, 6) is -0.587. The van der Waals surface area contributed by atoms with Gasteiger partial charge in [-0.1, -0.05) is 11.3 Å². The second kappa shape index (κ2) is 7.60. The molecule has 0 unspecified atom stereocenters. The summed E-state index contributed by atoms with van der Waals surface area (Å²) < 4.78 is 65.9. The Hall–Kier alpha value is -2.45. The minimum atomic E-state index is -4.62. The molecule has 3 aromatic rings. The molecule has 0 atom stereocenters. The van der Waals surface area contributed by atoms with Gasteiger partial charge in [0.05, 0.1) is 23.2 Å². The van der Waals surface area contributed by atoms with Crippen LogP contribution in [-0.4, -0.2) is 57.7 Å². The minimum absolute atomic E-state index is 0.0356. The zero-order valence-corrected chi connectivity index (χ0v) is 18.3. The summed E-state index contributed by atoms with van der Waals surface area (Å²) in [6, 6.07) is 0.986. The fourth-order valence-electron chi connectivity index (χ4n) is 3.58. The molecule has 168 valence electrons. The fraction of sp³-hybridized carbons (Fsp3) is 0.471. The van der Waals surface area contributed by atoms with Crippen LogP contribution >= 0.6 is 11.3 Å². The van der Waals surface area contributed by atoms with E-state index in [2.05, 4.69) is 20.4 Å². The highest BCUT2D eigenvalue weighted by atomic mass is 32.2. The molecule has 3 N–H and O–H groups in total. The molecule has 0 amide bonds. The van der Waals surface area contributed by atoms with E-state index in [1.165, 1.54) is 32.6 Å². The first kappa shape index (κ1) is 21.8. The van der Waals surface area contributed by atoms with Crippen LogP contribution in [0.25, 0.3) is 16.2 Å². The van der Waals surface area contributed by atoms with E-state index in [1.807, 2.05) is 0 Å². The number of nitrogens with zero attached hydrogens (tertiary/aromatic N) is 5. The van der Waals surface area contributed by atoms with Crippen LogP contribution in [0.1, 0.15) is 24.1 Å². The number of anilines is 2. The van der Waals surface area contributed by atoms with Gasteiger partial charge < -0.3 is 11.1 Å². The van der Waals surface area contributed by atoms with E-state index in [-0.39, 0.29) is 11.6 Å². The van der Waals surface area contributed by atoms with Crippen molar-refractivity contribution in [2.45, 2.75) is 32.0 Å². The van der Waals surface area contributed by atoms with Crippen LogP contribution in [0.3, 0.4) is 0 Å². The number of imidazole rings is 1. The number of nitrogens with two attached hydrogens (primary N) is 1. The largest absolute Gasteiger partial charge is 0.419 e. The topological polar surface area (TPSA) is 119 Å². The Balaban J connectivity index is 1.60. The first-order chi connectivity index (χ1) is 14.4. The van der Waals surface area contributed by atoms with Gasteiger partial charge in [-0.3, -0.25) is 0 Å². The van der Waals surface area contributed by atoms with Crippen LogP contribution in [0.5, 0.6) is 0 Å². The summed E-state index contributed by atoms with van der Waals surface area (Å²) in [7, 11) is -3.21. The zero-order valence-electron chi connectivity index (χ0n) is 16.6. The number of aromatic nitrogens is 4. The molecule has 1 saturated heterocycles. The van der Waals surface area contributed by atoms with Crippen LogP contribution in [0.15, 0.2) is 12.3 Å². The molecule has 0 spiro atoms.